The summed E-state index contributed by atoms with van der Waals surface area (Å²) >= 11 is 1.71. The van der Waals surface area contributed by atoms with Crippen molar-refractivity contribution in [1.82, 2.24) is 10.3 Å². The molecular weight excluding hydrogens is 232 g/mol. The van der Waals surface area contributed by atoms with Crippen LogP contribution in [0.15, 0.2) is 35.3 Å². The Kier molecular flexibility index (Phi) is 4.12. The minimum absolute atomic E-state index is 0.189. The predicted molar refractivity (Wildman–Crippen MR) is 70.6 cm³/mol. The quantitative estimate of drug-likeness (QED) is 0.883. The Hall–Kier alpha value is -1.39. The summed E-state index contributed by atoms with van der Waals surface area (Å²) in [4.78, 5) is 4.21. The van der Waals surface area contributed by atoms with Crippen LogP contribution >= 0.6 is 11.3 Å². The van der Waals surface area contributed by atoms with Crippen molar-refractivity contribution < 1.29 is 4.74 Å². The van der Waals surface area contributed by atoms with Crippen LogP contribution in [0, 0.1) is 0 Å². The highest BCUT2D eigenvalue weighted by Gasteiger charge is 2.14. The van der Waals surface area contributed by atoms with Gasteiger partial charge in [-0.1, -0.05) is 6.92 Å². The van der Waals surface area contributed by atoms with Crippen LogP contribution in [0.25, 0.3) is 0 Å². The Morgan fingerprint density at radius 1 is 1.41 bits per heavy atom. The standard InChI is InChI=1S/C13H16N2OS/c1-3-15-13(10-4-5-17-9-10)11-6-12(16-2)8-14-7-11/h4-9,13,15H,3H2,1-2H3. The van der Waals surface area contributed by atoms with E-state index in [0.717, 1.165) is 17.9 Å². The molecule has 17 heavy (non-hydrogen) atoms. The Morgan fingerprint density at radius 3 is 2.94 bits per heavy atom. The van der Waals surface area contributed by atoms with E-state index in [9.17, 15) is 0 Å². The van der Waals surface area contributed by atoms with Crippen LogP contribution in [0.3, 0.4) is 0 Å². The first-order valence-corrected chi connectivity index (χ1v) is 6.54. The molecule has 3 nitrogen and oxygen atoms in total. The van der Waals surface area contributed by atoms with Gasteiger partial charge in [0.05, 0.1) is 19.3 Å². The summed E-state index contributed by atoms with van der Waals surface area (Å²) in [5, 5.41) is 7.71. The third-order valence-corrected chi connectivity index (χ3v) is 3.29. The number of ether oxygens (including phenoxy) is 1. The average Bonchev–Trinajstić information content (AvgIpc) is 2.89. The lowest BCUT2D eigenvalue weighted by Crippen LogP contribution is -2.21. The molecule has 1 N–H and O–H groups in total. The molecule has 2 rings (SSSR count). The SMILES string of the molecule is CCNC(c1ccsc1)c1cncc(OC)c1. The second kappa shape index (κ2) is 5.80. The molecule has 2 heterocycles. The first kappa shape index (κ1) is 12.1. The van der Waals surface area contributed by atoms with Crippen molar-refractivity contribution in [1.29, 1.82) is 0 Å². The first-order chi connectivity index (χ1) is 8.35. The number of methoxy groups -OCH3 is 1. The summed E-state index contributed by atoms with van der Waals surface area (Å²) in [6.45, 7) is 3.02. The van der Waals surface area contributed by atoms with Crippen LogP contribution in [0.2, 0.25) is 0 Å². The molecule has 1 atom stereocenters. The lowest BCUT2D eigenvalue weighted by atomic mass is 10.0. The molecule has 90 valence electrons. The van der Waals surface area contributed by atoms with Gasteiger partial charge in [-0.05, 0) is 40.6 Å². The number of aromatic nitrogens is 1. The van der Waals surface area contributed by atoms with Crippen LogP contribution in [-0.4, -0.2) is 18.6 Å². The zero-order valence-corrected chi connectivity index (χ0v) is 10.8. The molecular formula is C13H16N2OS. The van der Waals surface area contributed by atoms with Crippen LogP contribution in [0.1, 0.15) is 24.1 Å². The molecule has 0 fully saturated rings. The van der Waals surface area contributed by atoms with Gasteiger partial charge >= 0.3 is 0 Å². The fraction of sp³-hybridized carbons (Fsp3) is 0.308. The molecule has 0 aliphatic rings. The molecule has 0 aromatic carbocycles. The summed E-state index contributed by atoms with van der Waals surface area (Å²) in [5.41, 5.74) is 2.40. The molecule has 2 aromatic heterocycles. The zero-order valence-electron chi connectivity index (χ0n) is 10.0. The second-order valence-electron chi connectivity index (χ2n) is 3.71. The molecule has 0 amide bonds. The number of rotatable bonds is 5. The van der Waals surface area contributed by atoms with Gasteiger partial charge in [0.1, 0.15) is 5.75 Å². The highest BCUT2D eigenvalue weighted by Crippen LogP contribution is 2.25. The van der Waals surface area contributed by atoms with E-state index in [2.05, 4.69) is 34.1 Å². The lowest BCUT2D eigenvalue weighted by Gasteiger charge is -2.17. The predicted octanol–water partition coefficient (Wildman–Crippen LogP) is 2.85. The van der Waals surface area contributed by atoms with E-state index in [0.29, 0.717) is 0 Å². The lowest BCUT2D eigenvalue weighted by molar-refractivity contribution is 0.411. The van der Waals surface area contributed by atoms with Crippen molar-refractivity contribution in [3.8, 4) is 5.75 Å². The molecule has 0 saturated heterocycles. The number of nitrogens with zero attached hydrogens (tertiary/aromatic N) is 1. The van der Waals surface area contributed by atoms with Gasteiger partial charge in [-0.15, -0.1) is 0 Å². The van der Waals surface area contributed by atoms with E-state index in [1.54, 1.807) is 24.6 Å². The Labute approximate surface area is 105 Å². The fourth-order valence-corrected chi connectivity index (χ4v) is 2.46. The summed E-state index contributed by atoms with van der Waals surface area (Å²) in [6.07, 6.45) is 3.60. The largest absolute Gasteiger partial charge is 0.495 e. The number of nitrogens with one attached hydrogen (secondary N) is 1. The van der Waals surface area contributed by atoms with Gasteiger partial charge in [-0.25, -0.2) is 0 Å². The van der Waals surface area contributed by atoms with Crippen LogP contribution in [-0.2, 0) is 0 Å². The Bertz CT molecular complexity index is 456. The second-order valence-corrected chi connectivity index (χ2v) is 4.49. The summed E-state index contributed by atoms with van der Waals surface area (Å²) in [5.74, 6) is 0.792. The maximum Gasteiger partial charge on any atom is 0.137 e. The third kappa shape index (κ3) is 2.84. The van der Waals surface area contributed by atoms with Gasteiger partial charge in [-0.2, -0.15) is 11.3 Å². The number of thiophene rings is 1. The molecule has 0 radical (unpaired) electrons. The van der Waals surface area contributed by atoms with Crippen molar-refractivity contribution in [2.45, 2.75) is 13.0 Å². The highest BCUT2D eigenvalue weighted by molar-refractivity contribution is 7.08. The molecule has 4 heteroatoms. The van der Waals surface area contributed by atoms with Crippen molar-refractivity contribution >= 4 is 11.3 Å². The van der Waals surface area contributed by atoms with Gasteiger partial charge in [0.15, 0.2) is 0 Å². The zero-order chi connectivity index (χ0) is 12.1. The van der Waals surface area contributed by atoms with E-state index < -0.39 is 0 Å². The van der Waals surface area contributed by atoms with E-state index in [-0.39, 0.29) is 6.04 Å². The number of hydrogen-bond donors (Lipinski definition) is 1. The third-order valence-electron chi connectivity index (χ3n) is 2.59. The van der Waals surface area contributed by atoms with Crippen LogP contribution < -0.4 is 10.1 Å². The van der Waals surface area contributed by atoms with Crippen molar-refractivity contribution in [2.24, 2.45) is 0 Å². The number of pyridine rings is 1. The van der Waals surface area contributed by atoms with E-state index >= 15 is 0 Å². The normalized spacial score (nSPS) is 12.4. The van der Waals surface area contributed by atoms with E-state index in [1.165, 1.54) is 5.56 Å². The molecule has 0 bridgehead atoms. The van der Waals surface area contributed by atoms with Gasteiger partial charge in [0, 0.05) is 6.20 Å². The molecule has 1 unspecified atom stereocenters. The van der Waals surface area contributed by atoms with E-state index in [1.807, 2.05) is 12.3 Å². The van der Waals surface area contributed by atoms with Crippen molar-refractivity contribution in [2.75, 3.05) is 13.7 Å². The molecule has 0 aliphatic carbocycles. The van der Waals surface area contributed by atoms with Crippen LogP contribution in [0.5, 0.6) is 5.75 Å². The maximum atomic E-state index is 5.21. The van der Waals surface area contributed by atoms with Crippen molar-refractivity contribution in [3.05, 3.63) is 46.4 Å². The van der Waals surface area contributed by atoms with Gasteiger partial charge < -0.3 is 10.1 Å². The van der Waals surface area contributed by atoms with Crippen molar-refractivity contribution in [3.63, 3.8) is 0 Å². The number of hydrogen-bond acceptors (Lipinski definition) is 4. The summed E-state index contributed by atoms with van der Waals surface area (Å²) in [6, 6.07) is 4.35. The minimum Gasteiger partial charge on any atom is -0.495 e. The Morgan fingerprint density at radius 2 is 2.29 bits per heavy atom. The van der Waals surface area contributed by atoms with Crippen LogP contribution in [0.4, 0.5) is 0 Å². The molecule has 0 spiro atoms. The average molecular weight is 248 g/mol. The molecule has 2 aromatic rings. The fourth-order valence-electron chi connectivity index (χ4n) is 1.78. The highest BCUT2D eigenvalue weighted by atomic mass is 32.1. The van der Waals surface area contributed by atoms with Gasteiger partial charge in [0.25, 0.3) is 0 Å². The summed E-state index contributed by atoms with van der Waals surface area (Å²) in [7, 11) is 1.66. The summed E-state index contributed by atoms with van der Waals surface area (Å²) < 4.78 is 5.21. The van der Waals surface area contributed by atoms with Gasteiger partial charge in [-0.3, -0.25) is 4.98 Å². The topological polar surface area (TPSA) is 34.2 Å². The Balaban J connectivity index is 2.32. The molecule has 0 aliphatic heterocycles. The maximum absolute atomic E-state index is 5.21. The monoisotopic (exact) mass is 248 g/mol. The first-order valence-electron chi connectivity index (χ1n) is 5.59. The minimum atomic E-state index is 0.189. The van der Waals surface area contributed by atoms with Gasteiger partial charge in [0.2, 0.25) is 0 Å². The smallest absolute Gasteiger partial charge is 0.137 e. The van der Waals surface area contributed by atoms with E-state index in [4.69, 9.17) is 4.74 Å². The molecule has 0 saturated carbocycles.